The molecule has 0 N–H and O–H groups in total. The van der Waals surface area contributed by atoms with Gasteiger partial charge in [-0.25, -0.2) is 9.79 Å². The van der Waals surface area contributed by atoms with Crippen LogP contribution in [0.4, 0.5) is 0 Å². The normalized spacial score (nSPS) is 19.6. The minimum Gasteiger partial charge on any atom is -0.463 e. The summed E-state index contributed by atoms with van der Waals surface area (Å²) in [6.07, 6.45) is 0. The average Bonchev–Trinajstić information content (AvgIpc) is 3.00. The van der Waals surface area contributed by atoms with Gasteiger partial charge in [-0.05, 0) is 30.2 Å². The zero-order valence-electron chi connectivity index (χ0n) is 14.6. The highest BCUT2D eigenvalue weighted by Gasteiger charge is 2.43. The molecule has 1 fully saturated rings. The molecule has 1 atom stereocenters. The zero-order chi connectivity index (χ0) is 18.3. The van der Waals surface area contributed by atoms with E-state index in [4.69, 9.17) is 4.74 Å². The Bertz CT molecular complexity index is 975. The van der Waals surface area contributed by atoms with Crippen LogP contribution in [-0.4, -0.2) is 34.3 Å². The van der Waals surface area contributed by atoms with Gasteiger partial charge in [0.05, 0.1) is 29.7 Å². The third kappa shape index (κ3) is 2.61. The molecule has 0 aliphatic carbocycles. The summed E-state index contributed by atoms with van der Waals surface area (Å²) in [6, 6.07) is 13.4. The lowest BCUT2D eigenvalue weighted by Crippen LogP contribution is -2.39. The van der Waals surface area contributed by atoms with E-state index in [2.05, 4.69) is 4.99 Å². The SMILES string of the molecule is CCOC(=O)C1=C(C)N=C2SCC(=O)N2C1c1cccc2ccccc12. The highest BCUT2D eigenvalue weighted by Crippen LogP contribution is 2.42. The summed E-state index contributed by atoms with van der Waals surface area (Å²) in [5.41, 5.74) is 1.95. The number of ether oxygens (including phenoxy) is 1. The van der Waals surface area contributed by atoms with Gasteiger partial charge in [0, 0.05) is 0 Å². The van der Waals surface area contributed by atoms with Crippen LogP contribution >= 0.6 is 11.8 Å². The van der Waals surface area contributed by atoms with E-state index in [-0.39, 0.29) is 12.5 Å². The van der Waals surface area contributed by atoms with Crippen molar-refractivity contribution in [1.82, 2.24) is 4.90 Å². The molecular weight excluding hydrogens is 348 g/mol. The van der Waals surface area contributed by atoms with E-state index >= 15 is 0 Å². The first-order valence-electron chi connectivity index (χ1n) is 8.51. The van der Waals surface area contributed by atoms with E-state index in [0.717, 1.165) is 16.3 Å². The molecule has 4 rings (SSSR count). The molecule has 1 saturated heterocycles. The summed E-state index contributed by atoms with van der Waals surface area (Å²) < 4.78 is 5.29. The largest absolute Gasteiger partial charge is 0.463 e. The van der Waals surface area contributed by atoms with Crippen LogP contribution in [-0.2, 0) is 14.3 Å². The molecule has 2 aromatic carbocycles. The maximum Gasteiger partial charge on any atom is 0.338 e. The highest BCUT2D eigenvalue weighted by molar-refractivity contribution is 8.15. The Morgan fingerprint density at radius 1 is 1.27 bits per heavy atom. The van der Waals surface area contributed by atoms with Gasteiger partial charge in [0.2, 0.25) is 5.91 Å². The number of amides is 1. The van der Waals surface area contributed by atoms with Crippen molar-refractivity contribution < 1.29 is 14.3 Å². The molecule has 1 unspecified atom stereocenters. The predicted octanol–water partition coefficient (Wildman–Crippen LogP) is 3.66. The molecule has 0 radical (unpaired) electrons. The number of fused-ring (bicyclic) bond motifs is 2. The quantitative estimate of drug-likeness (QED) is 0.778. The highest BCUT2D eigenvalue weighted by atomic mass is 32.2. The molecule has 0 saturated carbocycles. The number of benzene rings is 2. The Hall–Kier alpha value is -2.60. The second-order valence-corrected chi connectivity index (χ2v) is 7.08. The molecule has 132 valence electrons. The minimum atomic E-state index is -0.518. The molecule has 2 aliphatic rings. The Balaban J connectivity index is 1.96. The molecule has 26 heavy (non-hydrogen) atoms. The van der Waals surface area contributed by atoms with E-state index in [1.165, 1.54) is 11.8 Å². The molecule has 2 heterocycles. The summed E-state index contributed by atoms with van der Waals surface area (Å²) in [5.74, 6) is -0.125. The van der Waals surface area contributed by atoms with E-state index < -0.39 is 12.0 Å². The summed E-state index contributed by atoms with van der Waals surface area (Å²) in [6.45, 7) is 3.85. The van der Waals surface area contributed by atoms with Crippen molar-refractivity contribution in [3.63, 3.8) is 0 Å². The second kappa shape index (κ2) is 6.61. The fourth-order valence-electron chi connectivity index (χ4n) is 3.49. The van der Waals surface area contributed by atoms with Crippen molar-refractivity contribution >= 4 is 39.6 Å². The molecule has 2 aliphatic heterocycles. The number of allylic oxidation sites excluding steroid dienone is 1. The number of aliphatic imine (C=N–C) groups is 1. The van der Waals surface area contributed by atoms with Crippen molar-refractivity contribution in [3.8, 4) is 0 Å². The lowest BCUT2D eigenvalue weighted by molar-refractivity contribution is -0.139. The Morgan fingerprint density at radius 3 is 2.85 bits per heavy atom. The third-order valence-electron chi connectivity index (χ3n) is 4.60. The number of hydrogen-bond acceptors (Lipinski definition) is 5. The standard InChI is InChI=1S/C20H18N2O3S/c1-3-25-19(24)17-12(2)21-20-22(16(23)11-26-20)18(17)15-10-6-8-13-7-4-5-9-14(13)15/h4-10,18H,3,11H2,1-2H3. The second-order valence-electron chi connectivity index (χ2n) is 6.14. The van der Waals surface area contributed by atoms with Crippen molar-refractivity contribution in [1.29, 1.82) is 0 Å². The molecular formula is C20H18N2O3S. The van der Waals surface area contributed by atoms with Crippen LogP contribution in [0.3, 0.4) is 0 Å². The van der Waals surface area contributed by atoms with Gasteiger partial charge in [0.1, 0.15) is 0 Å². The van der Waals surface area contributed by atoms with Crippen LogP contribution in [0, 0.1) is 0 Å². The fraction of sp³-hybridized carbons (Fsp3) is 0.250. The van der Waals surface area contributed by atoms with Crippen LogP contribution in [0.25, 0.3) is 10.8 Å². The lowest BCUT2D eigenvalue weighted by atomic mass is 9.90. The Morgan fingerprint density at radius 2 is 2.04 bits per heavy atom. The zero-order valence-corrected chi connectivity index (χ0v) is 15.4. The molecule has 5 nitrogen and oxygen atoms in total. The van der Waals surface area contributed by atoms with Gasteiger partial charge < -0.3 is 4.74 Å². The molecule has 1 amide bonds. The van der Waals surface area contributed by atoms with E-state index in [0.29, 0.717) is 22.2 Å². The maximum atomic E-state index is 12.7. The van der Waals surface area contributed by atoms with Crippen molar-refractivity contribution in [2.24, 2.45) is 4.99 Å². The number of rotatable bonds is 3. The number of thioether (sulfide) groups is 1. The average molecular weight is 366 g/mol. The van der Waals surface area contributed by atoms with Crippen LogP contribution in [0.5, 0.6) is 0 Å². The maximum absolute atomic E-state index is 12.7. The monoisotopic (exact) mass is 366 g/mol. The molecule has 2 aromatic rings. The van der Waals surface area contributed by atoms with Crippen molar-refractivity contribution in [2.45, 2.75) is 19.9 Å². The first-order chi connectivity index (χ1) is 12.6. The molecule has 0 spiro atoms. The number of nitrogens with zero attached hydrogens (tertiary/aromatic N) is 2. The topological polar surface area (TPSA) is 59.0 Å². The molecule has 0 bridgehead atoms. The number of esters is 1. The third-order valence-corrected chi connectivity index (χ3v) is 5.54. The van der Waals surface area contributed by atoms with Gasteiger partial charge in [-0.2, -0.15) is 0 Å². The van der Waals surface area contributed by atoms with Gasteiger partial charge in [0.25, 0.3) is 0 Å². The first kappa shape index (κ1) is 16.8. The lowest BCUT2D eigenvalue weighted by Gasteiger charge is -2.33. The van der Waals surface area contributed by atoms with Gasteiger partial charge >= 0.3 is 5.97 Å². The van der Waals surface area contributed by atoms with Crippen molar-refractivity contribution in [3.05, 3.63) is 59.3 Å². The predicted molar refractivity (Wildman–Crippen MR) is 103 cm³/mol. The smallest absolute Gasteiger partial charge is 0.338 e. The summed E-state index contributed by atoms with van der Waals surface area (Å²) in [5, 5.41) is 2.73. The summed E-state index contributed by atoms with van der Waals surface area (Å²) in [4.78, 5) is 31.5. The fourth-order valence-corrected chi connectivity index (χ4v) is 4.43. The minimum absolute atomic E-state index is 0.0408. The van der Waals surface area contributed by atoms with Crippen LogP contribution in [0.15, 0.2) is 58.7 Å². The molecule has 6 heteroatoms. The van der Waals surface area contributed by atoms with Gasteiger partial charge in [0.15, 0.2) is 5.17 Å². The number of amidine groups is 1. The van der Waals surface area contributed by atoms with Crippen LogP contribution in [0.2, 0.25) is 0 Å². The van der Waals surface area contributed by atoms with Gasteiger partial charge in [-0.15, -0.1) is 0 Å². The van der Waals surface area contributed by atoms with Gasteiger partial charge in [-0.1, -0.05) is 54.2 Å². The van der Waals surface area contributed by atoms with Crippen molar-refractivity contribution in [2.75, 3.05) is 12.4 Å². The number of carbonyl (C=O) groups is 2. The number of carbonyl (C=O) groups excluding carboxylic acids is 2. The summed E-state index contributed by atoms with van der Waals surface area (Å²) in [7, 11) is 0. The molecule has 0 aromatic heterocycles. The summed E-state index contributed by atoms with van der Waals surface area (Å²) >= 11 is 1.41. The Labute approximate surface area is 155 Å². The Kier molecular flexibility index (Phi) is 4.28. The van der Waals surface area contributed by atoms with Gasteiger partial charge in [-0.3, -0.25) is 9.69 Å². The number of hydrogen-bond donors (Lipinski definition) is 0. The van der Waals surface area contributed by atoms with Crippen LogP contribution < -0.4 is 0 Å². The first-order valence-corrected chi connectivity index (χ1v) is 9.49. The van der Waals surface area contributed by atoms with E-state index in [1.807, 2.05) is 42.5 Å². The van der Waals surface area contributed by atoms with Crippen LogP contribution in [0.1, 0.15) is 25.5 Å². The van der Waals surface area contributed by atoms with E-state index in [9.17, 15) is 9.59 Å². The van der Waals surface area contributed by atoms with E-state index in [1.54, 1.807) is 18.7 Å².